The highest BCUT2D eigenvalue weighted by molar-refractivity contribution is 14.1. The molecule has 3 aromatic rings. The van der Waals surface area contributed by atoms with E-state index in [-0.39, 0.29) is 27.9 Å². The molecule has 4 rings (SSSR count). The second-order valence-electron chi connectivity index (χ2n) is 7.94. The standard InChI is InChI=1S/C26H20ClIN2O7S2/c1-2-36-21-13-16(12-20(28)24(21)37-39(34,35)19-10-8-17(27)9-11-19)14-22-25(32)30(26(33)38-22)15-23(31)29-18-6-4-3-5-7-18/h3-14H,2,15H2,1H3,(H,29,31)/b22-14-. The Balaban J connectivity index is 1.55. The van der Waals surface area contributed by atoms with Crippen molar-refractivity contribution >= 4 is 84.9 Å². The van der Waals surface area contributed by atoms with E-state index in [9.17, 15) is 22.8 Å². The molecule has 1 heterocycles. The molecule has 3 amide bonds. The monoisotopic (exact) mass is 698 g/mol. The number of nitrogens with one attached hydrogen (secondary N) is 1. The van der Waals surface area contributed by atoms with Gasteiger partial charge in [-0.15, -0.1) is 0 Å². The highest BCUT2D eigenvalue weighted by atomic mass is 127. The molecule has 39 heavy (non-hydrogen) atoms. The number of carbonyl (C=O) groups is 3. The first-order valence-corrected chi connectivity index (χ1v) is 15.0. The van der Waals surface area contributed by atoms with Gasteiger partial charge in [-0.1, -0.05) is 29.8 Å². The fourth-order valence-electron chi connectivity index (χ4n) is 3.43. The number of hydrogen-bond acceptors (Lipinski definition) is 8. The number of para-hydroxylation sites is 1. The molecular weight excluding hydrogens is 679 g/mol. The van der Waals surface area contributed by atoms with E-state index in [1.807, 2.05) is 22.6 Å². The molecule has 3 aromatic carbocycles. The maximum absolute atomic E-state index is 12.9. The third-order valence-electron chi connectivity index (χ3n) is 5.16. The van der Waals surface area contributed by atoms with Crippen LogP contribution in [0.1, 0.15) is 12.5 Å². The average Bonchev–Trinajstić information content (AvgIpc) is 3.14. The summed E-state index contributed by atoms with van der Waals surface area (Å²) in [5.74, 6) is -1.02. The number of ether oxygens (including phenoxy) is 1. The van der Waals surface area contributed by atoms with Gasteiger partial charge >= 0.3 is 10.1 Å². The molecule has 202 valence electrons. The predicted molar refractivity (Wildman–Crippen MR) is 157 cm³/mol. The Morgan fingerprint density at radius 1 is 1.10 bits per heavy atom. The van der Waals surface area contributed by atoms with Crippen LogP contribution in [0.5, 0.6) is 11.5 Å². The number of halogens is 2. The van der Waals surface area contributed by atoms with Crippen LogP contribution in [0.3, 0.4) is 0 Å². The van der Waals surface area contributed by atoms with Crippen molar-refractivity contribution in [2.45, 2.75) is 11.8 Å². The van der Waals surface area contributed by atoms with Gasteiger partial charge in [0.15, 0.2) is 11.5 Å². The number of thioether (sulfide) groups is 1. The Morgan fingerprint density at radius 2 is 1.79 bits per heavy atom. The molecule has 1 aliphatic heterocycles. The first-order chi connectivity index (χ1) is 18.6. The van der Waals surface area contributed by atoms with Crippen molar-refractivity contribution in [3.8, 4) is 11.5 Å². The highest BCUT2D eigenvalue weighted by Gasteiger charge is 2.36. The lowest BCUT2D eigenvalue weighted by atomic mass is 10.2. The van der Waals surface area contributed by atoms with Gasteiger partial charge in [-0.2, -0.15) is 8.42 Å². The predicted octanol–water partition coefficient (Wildman–Crippen LogP) is 5.79. The molecule has 1 saturated heterocycles. The van der Waals surface area contributed by atoms with E-state index in [0.717, 1.165) is 4.90 Å². The fraction of sp³-hybridized carbons (Fsp3) is 0.115. The molecule has 9 nitrogen and oxygen atoms in total. The summed E-state index contributed by atoms with van der Waals surface area (Å²) in [5.41, 5.74) is 1.02. The molecule has 0 bridgehead atoms. The zero-order valence-corrected chi connectivity index (χ0v) is 24.8. The van der Waals surface area contributed by atoms with Crippen molar-refractivity contribution < 1.29 is 31.7 Å². The van der Waals surface area contributed by atoms with E-state index in [0.29, 0.717) is 31.6 Å². The van der Waals surface area contributed by atoms with Crippen molar-refractivity contribution in [1.82, 2.24) is 4.90 Å². The largest absolute Gasteiger partial charge is 0.490 e. The third-order valence-corrected chi connectivity index (χ3v) is 8.35. The lowest BCUT2D eigenvalue weighted by Crippen LogP contribution is -2.36. The molecule has 0 aliphatic carbocycles. The van der Waals surface area contributed by atoms with Crippen LogP contribution in [0, 0.1) is 3.57 Å². The van der Waals surface area contributed by atoms with E-state index in [4.69, 9.17) is 20.5 Å². The van der Waals surface area contributed by atoms with Crippen molar-refractivity contribution in [2.24, 2.45) is 0 Å². The molecule has 0 radical (unpaired) electrons. The zero-order chi connectivity index (χ0) is 28.2. The van der Waals surface area contributed by atoms with Gasteiger partial charge in [-0.05, 0) is 101 Å². The Morgan fingerprint density at radius 3 is 2.46 bits per heavy atom. The minimum atomic E-state index is -4.19. The molecule has 1 fully saturated rings. The van der Waals surface area contributed by atoms with Crippen molar-refractivity contribution in [1.29, 1.82) is 0 Å². The highest BCUT2D eigenvalue weighted by Crippen LogP contribution is 2.39. The van der Waals surface area contributed by atoms with E-state index < -0.39 is 33.7 Å². The number of rotatable bonds is 9. The van der Waals surface area contributed by atoms with Gasteiger partial charge in [-0.3, -0.25) is 19.3 Å². The van der Waals surface area contributed by atoms with Crippen LogP contribution in [0.2, 0.25) is 5.02 Å². The fourth-order valence-corrected chi connectivity index (χ4v) is 6.23. The number of imide groups is 1. The average molecular weight is 699 g/mol. The second-order valence-corrected chi connectivity index (χ2v) is 12.1. The molecule has 0 unspecified atom stereocenters. The summed E-state index contributed by atoms with van der Waals surface area (Å²) in [6.07, 6.45) is 1.47. The SMILES string of the molecule is CCOc1cc(/C=C2\SC(=O)N(CC(=O)Nc3ccccc3)C2=O)cc(I)c1OS(=O)(=O)c1ccc(Cl)cc1. The lowest BCUT2D eigenvalue weighted by molar-refractivity contribution is -0.127. The maximum Gasteiger partial charge on any atom is 0.339 e. The Labute approximate surface area is 247 Å². The van der Waals surface area contributed by atoms with Gasteiger partial charge in [-0.25, -0.2) is 0 Å². The van der Waals surface area contributed by atoms with E-state index in [1.54, 1.807) is 43.3 Å². The minimum Gasteiger partial charge on any atom is -0.490 e. The summed E-state index contributed by atoms with van der Waals surface area (Å²) in [4.78, 5) is 38.7. The summed E-state index contributed by atoms with van der Waals surface area (Å²) < 4.78 is 37.1. The van der Waals surface area contributed by atoms with Gasteiger partial charge in [0.05, 0.1) is 15.1 Å². The molecule has 13 heteroatoms. The summed E-state index contributed by atoms with van der Waals surface area (Å²) in [6.45, 7) is 1.50. The molecule has 0 spiro atoms. The molecular formula is C26H20ClIN2O7S2. The van der Waals surface area contributed by atoms with Gasteiger partial charge in [0.25, 0.3) is 11.1 Å². The molecule has 1 aliphatic rings. The maximum atomic E-state index is 12.9. The van der Waals surface area contributed by atoms with Gasteiger partial charge in [0.1, 0.15) is 11.4 Å². The van der Waals surface area contributed by atoms with Gasteiger partial charge in [0.2, 0.25) is 5.91 Å². The minimum absolute atomic E-state index is 0.0183. The van der Waals surface area contributed by atoms with Crippen LogP contribution in [0.25, 0.3) is 6.08 Å². The molecule has 0 atom stereocenters. The van der Waals surface area contributed by atoms with E-state index in [1.165, 1.54) is 36.4 Å². The zero-order valence-electron chi connectivity index (χ0n) is 20.2. The second kappa shape index (κ2) is 12.4. The van der Waals surface area contributed by atoms with E-state index >= 15 is 0 Å². The van der Waals surface area contributed by atoms with Crippen LogP contribution in [0.4, 0.5) is 10.5 Å². The number of amides is 3. The first kappa shape index (κ1) is 28.9. The number of anilines is 1. The van der Waals surface area contributed by atoms with E-state index in [2.05, 4.69) is 5.32 Å². The molecule has 1 N–H and O–H groups in total. The normalized spacial score (nSPS) is 14.5. The van der Waals surface area contributed by atoms with Crippen LogP contribution in [-0.4, -0.2) is 43.5 Å². The topological polar surface area (TPSA) is 119 Å². The van der Waals surface area contributed by atoms with Gasteiger partial charge in [0, 0.05) is 10.7 Å². The van der Waals surface area contributed by atoms with Crippen LogP contribution in [-0.2, 0) is 19.7 Å². The first-order valence-electron chi connectivity index (χ1n) is 11.3. The number of nitrogens with zero attached hydrogens (tertiary/aromatic N) is 1. The van der Waals surface area contributed by atoms with Gasteiger partial charge < -0.3 is 14.2 Å². The van der Waals surface area contributed by atoms with Crippen LogP contribution in [0.15, 0.2) is 76.5 Å². The molecule has 0 saturated carbocycles. The number of benzene rings is 3. The Bertz CT molecular complexity index is 1560. The Hall–Kier alpha value is -3.07. The van der Waals surface area contributed by atoms with Crippen LogP contribution >= 0.6 is 46.0 Å². The number of carbonyl (C=O) groups excluding carboxylic acids is 3. The summed E-state index contributed by atoms with van der Waals surface area (Å²) in [7, 11) is -4.19. The van der Waals surface area contributed by atoms with Crippen molar-refractivity contribution in [2.75, 3.05) is 18.5 Å². The molecule has 0 aromatic heterocycles. The summed E-state index contributed by atoms with van der Waals surface area (Å²) >= 11 is 8.46. The summed E-state index contributed by atoms with van der Waals surface area (Å²) in [5, 5.41) is 2.44. The lowest BCUT2D eigenvalue weighted by Gasteiger charge is -2.15. The van der Waals surface area contributed by atoms with Crippen LogP contribution < -0.4 is 14.2 Å². The number of hydrogen-bond donors (Lipinski definition) is 1. The van der Waals surface area contributed by atoms with Crippen molar-refractivity contribution in [3.63, 3.8) is 0 Å². The summed E-state index contributed by atoms with van der Waals surface area (Å²) in [6, 6.07) is 17.3. The van der Waals surface area contributed by atoms with Crippen molar-refractivity contribution in [3.05, 3.63) is 85.8 Å². The Kier molecular flexibility index (Phi) is 9.20. The smallest absolute Gasteiger partial charge is 0.339 e. The third kappa shape index (κ3) is 7.12. The quantitative estimate of drug-likeness (QED) is 0.170.